The van der Waals surface area contributed by atoms with E-state index in [0.717, 1.165) is 15.8 Å². The van der Waals surface area contributed by atoms with Crippen molar-refractivity contribution in [2.24, 2.45) is 5.73 Å². The molecule has 1 aromatic rings. The van der Waals surface area contributed by atoms with E-state index in [0.29, 0.717) is 12.8 Å². The lowest BCUT2D eigenvalue weighted by Gasteiger charge is -2.18. The molecule has 0 aromatic heterocycles. The molecular formula is C13H20BrN3O. The van der Waals surface area contributed by atoms with Gasteiger partial charge in [-0.2, -0.15) is 0 Å². The van der Waals surface area contributed by atoms with Crippen LogP contribution in [0.2, 0.25) is 0 Å². The zero-order chi connectivity index (χ0) is 13.7. The molecule has 1 aromatic carbocycles. The summed E-state index contributed by atoms with van der Waals surface area (Å²) in [4.78, 5) is 13.8. The van der Waals surface area contributed by atoms with Gasteiger partial charge in [0.05, 0.1) is 11.4 Å². The number of hydrogen-bond donors (Lipinski definition) is 2. The van der Waals surface area contributed by atoms with Crippen LogP contribution in [0.3, 0.4) is 0 Å². The van der Waals surface area contributed by atoms with E-state index in [9.17, 15) is 4.79 Å². The lowest BCUT2D eigenvalue weighted by Crippen LogP contribution is -2.20. The van der Waals surface area contributed by atoms with Crippen molar-refractivity contribution in [3.8, 4) is 0 Å². The van der Waals surface area contributed by atoms with E-state index in [1.165, 1.54) is 0 Å². The summed E-state index contributed by atoms with van der Waals surface area (Å²) in [6.07, 6.45) is 1.13. The van der Waals surface area contributed by atoms with Crippen molar-refractivity contribution in [2.75, 3.05) is 24.3 Å². The van der Waals surface area contributed by atoms with Gasteiger partial charge in [0, 0.05) is 31.0 Å². The molecule has 0 bridgehead atoms. The summed E-state index contributed by atoms with van der Waals surface area (Å²) >= 11 is 3.41. The minimum Gasteiger partial charge on any atom is -0.376 e. The molecular weight excluding hydrogens is 294 g/mol. The number of benzene rings is 1. The molecule has 1 rings (SSSR count). The van der Waals surface area contributed by atoms with Gasteiger partial charge in [0.25, 0.3) is 0 Å². The summed E-state index contributed by atoms with van der Waals surface area (Å²) < 4.78 is 0.940. The third-order valence-electron chi connectivity index (χ3n) is 2.54. The third kappa shape index (κ3) is 4.66. The molecule has 0 aliphatic carbocycles. The van der Waals surface area contributed by atoms with Gasteiger partial charge in [-0.1, -0.05) is 15.9 Å². The Hall–Kier alpha value is -1.07. The van der Waals surface area contributed by atoms with Crippen molar-refractivity contribution >= 4 is 33.2 Å². The van der Waals surface area contributed by atoms with Crippen LogP contribution < -0.4 is 16.0 Å². The number of anilines is 2. The summed E-state index contributed by atoms with van der Waals surface area (Å²) in [6, 6.07) is 5.86. The Balaban J connectivity index is 2.76. The highest BCUT2D eigenvalue weighted by molar-refractivity contribution is 9.10. The quantitative estimate of drug-likeness (QED) is 0.878. The van der Waals surface area contributed by atoms with Gasteiger partial charge in [-0.3, -0.25) is 4.79 Å². The summed E-state index contributed by atoms with van der Waals surface area (Å²) in [6.45, 7) is 1.90. The number of amides is 1. The van der Waals surface area contributed by atoms with Crippen LogP contribution in [0.4, 0.5) is 11.4 Å². The molecule has 1 unspecified atom stereocenters. The molecule has 4 nitrogen and oxygen atoms in total. The lowest BCUT2D eigenvalue weighted by molar-refractivity contribution is -0.116. The summed E-state index contributed by atoms with van der Waals surface area (Å²) in [5.41, 5.74) is 7.43. The standard InChI is InChI=1S/C13H20BrN3O/c1-9(15)4-7-13(18)16-11-8-10(14)5-6-12(11)17(2)3/h5-6,8-9H,4,7,15H2,1-3H3,(H,16,18). The summed E-state index contributed by atoms with van der Waals surface area (Å²) in [5.74, 6) is -0.00602. The van der Waals surface area contributed by atoms with Crippen molar-refractivity contribution in [3.63, 3.8) is 0 Å². The molecule has 0 aliphatic rings. The second-order valence-electron chi connectivity index (χ2n) is 4.62. The van der Waals surface area contributed by atoms with Crippen LogP contribution in [0, 0.1) is 0 Å². The van der Waals surface area contributed by atoms with Crippen LogP contribution in [0.15, 0.2) is 22.7 Å². The number of rotatable bonds is 5. The zero-order valence-corrected chi connectivity index (χ0v) is 12.6. The van der Waals surface area contributed by atoms with Gasteiger partial charge in [-0.05, 0) is 31.5 Å². The van der Waals surface area contributed by atoms with E-state index in [1.54, 1.807) is 0 Å². The number of hydrogen-bond acceptors (Lipinski definition) is 3. The van der Waals surface area contributed by atoms with Gasteiger partial charge in [-0.25, -0.2) is 0 Å². The van der Waals surface area contributed by atoms with Crippen LogP contribution in [-0.2, 0) is 4.79 Å². The van der Waals surface area contributed by atoms with E-state index >= 15 is 0 Å². The van der Waals surface area contributed by atoms with E-state index in [1.807, 2.05) is 44.1 Å². The Kier molecular flexibility index (Phi) is 5.62. The average Bonchev–Trinajstić information content (AvgIpc) is 2.26. The Morgan fingerprint density at radius 3 is 2.72 bits per heavy atom. The second kappa shape index (κ2) is 6.75. The summed E-state index contributed by atoms with van der Waals surface area (Å²) in [5, 5.41) is 2.92. The van der Waals surface area contributed by atoms with E-state index in [2.05, 4.69) is 21.2 Å². The molecule has 0 radical (unpaired) electrons. The molecule has 0 saturated heterocycles. The van der Waals surface area contributed by atoms with Crippen LogP contribution in [-0.4, -0.2) is 26.0 Å². The maximum atomic E-state index is 11.8. The number of carbonyl (C=O) groups excluding carboxylic acids is 1. The fraction of sp³-hybridized carbons (Fsp3) is 0.462. The first kappa shape index (κ1) is 15.0. The minimum absolute atomic E-state index is 0.00602. The van der Waals surface area contributed by atoms with Crippen molar-refractivity contribution in [3.05, 3.63) is 22.7 Å². The first-order valence-electron chi connectivity index (χ1n) is 5.92. The van der Waals surface area contributed by atoms with E-state index < -0.39 is 0 Å². The molecule has 3 N–H and O–H groups in total. The van der Waals surface area contributed by atoms with Crippen molar-refractivity contribution in [1.29, 1.82) is 0 Å². The molecule has 5 heteroatoms. The van der Waals surface area contributed by atoms with Crippen molar-refractivity contribution in [1.82, 2.24) is 0 Å². The topological polar surface area (TPSA) is 58.4 Å². The monoisotopic (exact) mass is 313 g/mol. The SMILES string of the molecule is CC(N)CCC(=O)Nc1cc(Br)ccc1N(C)C. The molecule has 0 saturated carbocycles. The third-order valence-corrected chi connectivity index (χ3v) is 3.03. The van der Waals surface area contributed by atoms with Crippen LogP contribution in [0.25, 0.3) is 0 Å². The van der Waals surface area contributed by atoms with Gasteiger partial charge in [-0.15, -0.1) is 0 Å². The highest BCUT2D eigenvalue weighted by Crippen LogP contribution is 2.28. The maximum Gasteiger partial charge on any atom is 0.224 e. The number of nitrogens with zero attached hydrogens (tertiary/aromatic N) is 1. The Bertz CT molecular complexity index is 419. The first-order chi connectivity index (χ1) is 8.40. The van der Waals surface area contributed by atoms with Gasteiger partial charge in [0.15, 0.2) is 0 Å². The number of carbonyl (C=O) groups is 1. The summed E-state index contributed by atoms with van der Waals surface area (Å²) in [7, 11) is 3.89. The van der Waals surface area contributed by atoms with Crippen molar-refractivity contribution < 1.29 is 4.79 Å². The Labute approximate surface area is 117 Å². The van der Waals surface area contributed by atoms with Gasteiger partial charge in [0.2, 0.25) is 5.91 Å². The highest BCUT2D eigenvalue weighted by atomic mass is 79.9. The normalized spacial score (nSPS) is 12.1. The fourth-order valence-electron chi connectivity index (χ4n) is 1.57. The van der Waals surface area contributed by atoms with Gasteiger partial charge >= 0.3 is 0 Å². The molecule has 0 spiro atoms. The predicted molar refractivity (Wildman–Crippen MR) is 80.0 cm³/mol. The minimum atomic E-state index is -0.00602. The Morgan fingerprint density at radius 2 is 2.17 bits per heavy atom. The molecule has 0 aliphatic heterocycles. The zero-order valence-electron chi connectivity index (χ0n) is 11.0. The van der Waals surface area contributed by atoms with Crippen LogP contribution >= 0.6 is 15.9 Å². The van der Waals surface area contributed by atoms with Gasteiger partial charge in [0.1, 0.15) is 0 Å². The molecule has 0 heterocycles. The second-order valence-corrected chi connectivity index (χ2v) is 5.54. The molecule has 1 amide bonds. The predicted octanol–water partition coefficient (Wildman–Crippen LogP) is 2.58. The molecule has 100 valence electrons. The maximum absolute atomic E-state index is 11.8. The van der Waals surface area contributed by atoms with Gasteiger partial charge < -0.3 is 16.0 Å². The fourth-order valence-corrected chi connectivity index (χ4v) is 1.93. The lowest BCUT2D eigenvalue weighted by atomic mass is 10.2. The van der Waals surface area contributed by atoms with E-state index in [4.69, 9.17) is 5.73 Å². The van der Waals surface area contributed by atoms with Crippen LogP contribution in [0.5, 0.6) is 0 Å². The van der Waals surface area contributed by atoms with E-state index in [-0.39, 0.29) is 11.9 Å². The molecule has 0 fully saturated rings. The number of nitrogens with one attached hydrogen (secondary N) is 1. The van der Waals surface area contributed by atoms with Crippen LogP contribution in [0.1, 0.15) is 19.8 Å². The average molecular weight is 314 g/mol. The molecule has 1 atom stereocenters. The number of halogens is 1. The largest absolute Gasteiger partial charge is 0.376 e. The smallest absolute Gasteiger partial charge is 0.224 e. The highest BCUT2D eigenvalue weighted by Gasteiger charge is 2.09. The van der Waals surface area contributed by atoms with Crippen molar-refractivity contribution in [2.45, 2.75) is 25.8 Å². The molecule has 18 heavy (non-hydrogen) atoms. The first-order valence-corrected chi connectivity index (χ1v) is 6.71. The number of nitrogens with two attached hydrogens (primary N) is 1. The Morgan fingerprint density at radius 1 is 1.50 bits per heavy atom.